The number of aromatic nitrogens is 8. The topological polar surface area (TPSA) is 198 Å². The first-order valence-electron chi connectivity index (χ1n) is 11.8. The lowest BCUT2D eigenvalue weighted by molar-refractivity contribution is -0.0238. The molecule has 0 saturated carbocycles. The summed E-state index contributed by atoms with van der Waals surface area (Å²) in [6.07, 6.45) is -5.55. The van der Waals surface area contributed by atoms with E-state index in [9.17, 15) is 19.0 Å². The van der Waals surface area contributed by atoms with Gasteiger partial charge in [-0.05, 0) is 36.5 Å². The first kappa shape index (κ1) is 27.5. The predicted octanol–water partition coefficient (Wildman–Crippen LogP) is 1.75. The van der Waals surface area contributed by atoms with Gasteiger partial charge in [-0.3, -0.25) is 9.13 Å². The zero-order valence-corrected chi connectivity index (χ0v) is 21.9. The van der Waals surface area contributed by atoms with Gasteiger partial charge in [-0.15, -0.1) is 0 Å². The number of nitrogen functional groups attached to an aromatic ring is 2. The minimum atomic E-state index is -1.58. The van der Waals surface area contributed by atoms with Gasteiger partial charge in [0.2, 0.25) is 10.6 Å². The van der Waals surface area contributed by atoms with Gasteiger partial charge in [0, 0.05) is 0 Å². The van der Waals surface area contributed by atoms with Gasteiger partial charge in [0.1, 0.15) is 23.2 Å². The van der Waals surface area contributed by atoms with Crippen LogP contribution in [0, 0.1) is 0 Å². The van der Waals surface area contributed by atoms with Gasteiger partial charge in [-0.2, -0.15) is 19.9 Å². The van der Waals surface area contributed by atoms with E-state index in [1.165, 1.54) is 21.8 Å². The fourth-order valence-corrected chi connectivity index (χ4v) is 4.82. The number of alkyl halides is 2. The zero-order valence-electron chi connectivity index (χ0n) is 20.4. The van der Waals surface area contributed by atoms with Crippen LogP contribution in [0.2, 0.25) is 10.6 Å². The first-order valence-corrected chi connectivity index (χ1v) is 12.5. The number of rotatable bonds is 3. The molecule has 0 amide bonds. The van der Waals surface area contributed by atoms with E-state index in [1.807, 2.05) is 6.92 Å². The number of halogens is 4. The van der Waals surface area contributed by atoms with E-state index in [0.717, 1.165) is 0 Å². The molecule has 8 atom stereocenters. The molecule has 0 spiro atoms. The highest BCUT2D eigenvalue weighted by atomic mass is 35.5. The molecule has 2 fully saturated rings. The Kier molecular flexibility index (Phi) is 7.43. The normalized spacial score (nSPS) is 30.7. The Morgan fingerprint density at radius 3 is 1.72 bits per heavy atom. The summed E-state index contributed by atoms with van der Waals surface area (Å²) in [6, 6.07) is 0. The van der Waals surface area contributed by atoms with E-state index in [-0.39, 0.29) is 33.5 Å². The molecule has 4 aromatic rings. The van der Waals surface area contributed by atoms with Crippen LogP contribution in [0.15, 0.2) is 12.7 Å². The maximum absolute atomic E-state index is 14.2. The molecule has 2 saturated heterocycles. The Morgan fingerprint density at radius 1 is 0.846 bits per heavy atom. The number of nitrogens with zero attached hydrogens (tertiary/aromatic N) is 8. The monoisotopic (exact) mass is 588 g/mol. The molecule has 6 rings (SSSR count). The Hall–Kier alpha value is -3.02. The average molecular weight is 589 g/mol. The molecular weight excluding hydrogens is 565 g/mol. The lowest BCUT2D eigenvalue weighted by Crippen LogP contribution is -2.27. The van der Waals surface area contributed by atoms with Crippen LogP contribution in [0.3, 0.4) is 0 Å². The highest BCUT2D eigenvalue weighted by Crippen LogP contribution is 2.36. The number of anilines is 2. The van der Waals surface area contributed by atoms with E-state index in [1.54, 1.807) is 6.92 Å². The molecule has 0 radical (unpaired) electrons. The van der Waals surface area contributed by atoms with Gasteiger partial charge < -0.3 is 31.2 Å². The zero-order chi connectivity index (χ0) is 28.2. The largest absolute Gasteiger partial charge is 0.387 e. The number of aliphatic hydroxyl groups excluding tert-OH is 2. The summed E-state index contributed by atoms with van der Waals surface area (Å²) >= 11 is 11.5. The summed E-state index contributed by atoms with van der Waals surface area (Å²) in [6.45, 7) is 3.40. The van der Waals surface area contributed by atoms with Crippen molar-refractivity contribution in [2.45, 2.75) is 69.5 Å². The fourth-order valence-electron chi connectivity index (χ4n) is 4.48. The highest BCUT2D eigenvalue weighted by Gasteiger charge is 2.45. The van der Waals surface area contributed by atoms with Crippen molar-refractivity contribution in [3.63, 3.8) is 0 Å². The van der Waals surface area contributed by atoms with Crippen molar-refractivity contribution < 1.29 is 28.5 Å². The molecule has 6 heterocycles. The molecule has 4 aromatic heterocycles. The van der Waals surface area contributed by atoms with Crippen molar-refractivity contribution >= 4 is 57.2 Å². The van der Waals surface area contributed by atoms with Crippen molar-refractivity contribution in [3.8, 4) is 0 Å². The molecule has 0 aliphatic carbocycles. The molecule has 0 bridgehead atoms. The second kappa shape index (κ2) is 10.5. The first-order chi connectivity index (χ1) is 18.5. The van der Waals surface area contributed by atoms with Crippen LogP contribution in [0.4, 0.5) is 20.4 Å². The second-order valence-electron chi connectivity index (χ2n) is 8.98. The van der Waals surface area contributed by atoms with Gasteiger partial charge >= 0.3 is 0 Å². The van der Waals surface area contributed by atoms with Crippen molar-refractivity contribution in [2.24, 2.45) is 0 Å². The van der Waals surface area contributed by atoms with Gasteiger partial charge in [0.25, 0.3) is 0 Å². The van der Waals surface area contributed by atoms with E-state index in [4.69, 9.17) is 44.1 Å². The third kappa shape index (κ3) is 4.81. The molecule has 2 aliphatic heterocycles. The molecule has 6 N–H and O–H groups in total. The standard InChI is InChI=1S/C11H13ClFN5O2.C10H11ClFN5O2/c1-2-4-7(19)5(13)10(20-4)18-3-15-6-8(14)16-11(12)17-9(6)18;1-3-6(18)4(12)9(19-3)17-2-14-5-7(13)15-10(11)16-8(5)17/h3-5,7,10,19H,2H2,1H3,(H2,14,16,17);2-4,6,9,18H,1H3,(H2,13,15,16)/t4-,5+,7-,10-;3-,4+,6-,9-/m11/s1. The van der Waals surface area contributed by atoms with Crippen molar-refractivity contribution in [1.82, 2.24) is 39.0 Å². The van der Waals surface area contributed by atoms with E-state index < -0.39 is 49.2 Å². The van der Waals surface area contributed by atoms with Gasteiger partial charge in [-0.1, -0.05) is 6.92 Å². The quantitative estimate of drug-likeness (QED) is 0.253. The molecular formula is C21H24Cl2F2N10O4. The van der Waals surface area contributed by atoms with E-state index in [2.05, 4.69) is 29.9 Å². The Morgan fingerprint density at radius 2 is 1.31 bits per heavy atom. The number of hydrogen-bond donors (Lipinski definition) is 4. The Labute approximate surface area is 228 Å². The third-order valence-electron chi connectivity index (χ3n) is 6.52. The summed E-state index contributed by atoms with van der Waals surface area (Å²) in [5.74, 6) is 0.218. The summed E-state index contributed by atoms with van der Waals surface area (Å²) in [5, 5.41) is 19.3. The molecule has 14 nitrogen and oxygen atoms in total. The minimum absolute atomic E-state index is 0.0576. The fraction of sp³-hybridized carbons (Fsp3) is 0.524. The molecule has 2 aliphatic rings. The highest BCUT2D eigenvalue weighted by molar-refractivity contribution is 6.29. The molecule has 210 valence electrons. The molecule has 18 heteroatoms. The van der Waals surface area contributed by atoms with Crippen LogP contribution < -0.4 is 11.5 Å². The number of aliphatic hydroxyl groups is 2. The number of imidazole rings is 2. The van der Waals surface area contributed by atoms with Gasteiger partial charge in [0.05, 0.1) is 24.9 Å². The molecule has 0 aromatic carbocycles. The lowest BCUT2D eigenvalue weighted by atomic mass is 10.1. The van der Waals surface area contributed by atoms with E-state index in [0.29, 0.717) is 17.5 Å². The van der Waals surface area contributed by atoms with Crippen molar-refractivity contribution in [3.05, 3.63) is 23.2 Å². The lowest BCUT2D eigenvalue weighted by Gasteiger charge is -2.15. The SMILES string of the molecule is CC[C@H]1O[C@@H](n2cnc3c(N)nc(Cl)nc32)[C@@H](F)[C@@H]1O.C[C@H]1O[C@@H](n2cnc3c(N)nc(Cl)nc32)[C@@H](F)[C@@H]1O. The summed E-state index contributed by atoms with van der Waals surface area (Å²) in [4.78, 5) is 23.6. The van der Waals surface area contributed by atoms with E-state index >= 15 is 0 Å². The van der Waals surface area contributed by atoms with Crippen LogP contribution in [0.25, 0.3) is 22.3 Å². The Balaban J connectivity index is 0.000000158. The number of ether oxygens (including phenoxy) is 2. The van der Waals surface area contributed by atoms with Crippen LogP contribution in [-0.2, 0) is 9.47 Å². The van der Waals surface area contributed by atoms with Crippen LogP contribution in [-0.4, -0.2) is 86.0 Å². The van der Waals surface area contributed by atoms with Crippen molar-refractivity contribution in [1.29, 1.82) is 0 Å². The number of hydrogen-bond acceptors (Lipinski definition) is 12. The Bertz CT molecular complexity index is 1510. The second-order valence-corrected chi connectivity index (χ2v) is 9.66. The van der Waals surface area contributed by atoms with Gasteiger partial charge in [0.15, 0.2) is 47.7 Å². The minimum Gasteiger partial charge on any atom is -0.387 e. The van der Waals surface area contributed by atoms with Crippen LogP contribution >= 0.6 is 23.2 Å². The predicted molar refractivity (Wildman–Crippen MR) is 135 cm³/mol. The van der Waals surface area contributed by atoms with Crippen LogP contribution in [0.5, 0.6) is 0 Å². The summed E-state index contributed by atoms with van der Waals surface area (Å²) in [5.41, 5.74) is 12.5. The smallest absolute Gasteiger partial charge is 0.226 e. The maximum atomic E-state index is 14.2. The van der Waals surface area contributed by atoms with Gasteiger partial charge in [-0.25, -0.2) is 18.7 Å². The third-order valence-corrected chi connectivity index (χ3v) is 6.86. The van der Waals surface area contributed by atoms with Crippen molar-refractivity contribution in [2.75, 3.05) is 11.5 Å². The molecule has 39 heavy (non-hydrogen) atoms. The number of fused-ring (bicyclic) bond motifs is 2. The summed E-state index contributed by atoms with van der Waals surface area (Å²) in [7, 11) is 0. The number of nitrogens with two attached hydrogens (primary N) is 2. The average Bonchev–Trinajstić information content (AvgIpc) is 3.62. The maximum Gasteiger partial charge on any atom is 0.226 e. The summed E-state index contributed by atoms with van der Waals surface area (Å²) < 4.78 is 41.8. The van der Waals surface area contributed by atoms with Crippen LogP contribution in [0.1, 0.15) is 32.7 Å². The molecule has 0 unspecified atom stereocenters.